The molecule has 0 saturated carbocycles. The Balaban J connectivity index is 2.26. The minimum atomic E-state index is -1.61. The molecule has 0 radical (unpaired) electrons. The minimum Gasteiger partial charge on any atom is -0.479 e. The third-order valence-corrected chi connectivity index (χ3v) is 2.81. The zero-order chi connectivity index (χ0) is 13.6. The smallest absolute Gasteiger partial charge is 0.334 e. The standard InChI is InChI=1S/C10H18N2O6/c1-17-10(2-3-18-6-10)5-12-9(16)11-4-7(13)8(14)15/h7,13H,2-6H2,1H3,(H,14,15)(H2,11,12,16). The lowest BCUT2D eigenvalue weighted by atomic mass is 10.0. The first-order valence-electron chi connectivity index (χ1n) is 5.54. The van der Waals surface area contributed by atoms with Crippen LogP contribution in [-0.2, 0) is 14.3 Å². The van der Waals surface area contributed by atoms with Gasteiger partial charge in [0.2, 0.25) is 0 Å². The fraction of sp³-hybridized carbons (Fsp3) is 0.800. The van der Waals surface area contributed by atoms with Crippen molar-refractivity contribution in [2.24, 2.45) is 0 Å². The molecule has 8 nitrogen and oxygen atoms in total. The highest BCUT2D eigenvalue weighted by atomic mass is 16.5. The number of aliphatic hydroxyl groups is 1. The van der Waals surface area contributed by atoms with E-state index in [9.17, 15) is 9.59 Å². The molecular weight excluding hydrogens is 244 g/mol. The maximum Gasteiger partial charge on any atom is 0.334 e. The third-order valence-electron chi connectivity index (χ3n) is 2.81. The van der Waals surface area contributed by atoms with E-state index in [-0.39, 0.29) is 13.1 Å². The molecule has 0 bridgehead atoms. The largest absolute Gasteiger partial charge is 0.479 e. The van der Waals surface area contributed by atoms with E-state index in [1.807, 2.05) is 0 Å². The number of carboxylic acids is 1. The van der Waals surface area contributed by atoms with Gasteiger partial charge >= 0.3 is 12.0 Å². The van der Waals surface area contributed by atoms with Gasteiger partial charge in [0.25, 0.3) is 0 Å². The maximum atomic E-state index is 11.4. The van der Waals surface area contributed by atoms with Crippen LogP contribution in [0.4, 0.5) is 4.79 Å². The van der Waals surface area contributed by atoms with Crippen molar-refractivity contribution in [2.75, 3.05) is 33.4 Å². The quantitative estimate of drug-likeness (QED) is 0.464. The first-order valence-corrected chi connectivity index (χ1v) is 5.54. The topological polar surface area (TPSA) is 117 Å². The second-order valence-corrected chi connectivity index (χ2v) is 4.11. The predicted octanol–water partition coefficient (Wildman–Crippen LogP) is -1.46. The summed E-state index contributed by atoms with van der Waals surface area (Å²) in [5.41, 5.74) is -0.525. The Morgan fingerprint density at radius 3 is 2.72 bits per heavy atom. The van der Waals surface area contributed by atoms with Gasteiger partial charge in [0.1, 0.15) is 5.60 Å². The molecule has 1 saturated heterocycles. The van der Waals surface area contributed by atoms with Crippen LogP contribution in [0.5, 0.6) is 0 Å². The van der Waals surface area contributed by atoms with Crippen molar-refractivity contribution in [1.82, 2.24) is 10.6 Å². The van der Waals surface area contributed by atoms with E-state index in [0.29, 0.717) is 19.6 Å². The van der Waals surface area contributed by atoms with Crippen LogP contribution in [0.25, 0.3) is 0 Å². The van der Waals surface area contributed by atoms with Crippen molar-refractivity contribution < 1.29 is 29.3 Å². The Kier molecular flexibility index (Phi) is 5.32. The van der Waals surface area contributed by atoms with Gasteiger partial charge in [-0.15, -0.1) is 0 Å². The summed E-state index contributed by atoms with van der Waals surface area (Å²) in [7, 11) is 1.54. The zero-order valence-electron chi connectivity index (χ0n) is 10.1. The molecular formula is C10H18N2O6. The number of aliphatic hydroxyl groups excluding tert-OH is 1. The number of ether oxygens (including phenoxy) is 2. The van der Waals surface area contributed by atoms with Crippen molar-refractivity contribution in [3.05, 3.63) is 0 Å². The average molecular weight is 262 g/mol. The second kappa shape index (κ2) is 6.53. The molecule has 0 aromatic carbocycles. The van der Waals surface area contributed by atoms with E-state index in [1.54, 1.807) is 7.11 Å². The average Bonchev–Trinajstić information content (AvgIpc) is 2.82. The van der Waals surface area contributed by atoms with E-state index in [2.05, 4.69) is 10.6 Å². The van der Waals surface area contributed by atoms with Gasteiger partial charge in [0, 0.05) is 20.1 Å². The van der Waals surface area contributed by atoms with Crippen molar-refractivity contribution in [2.45, 2.75) is 18.1 Å². The number of carbonyl (C=O) groups excluding carboxylic acids is 1. The molecule has 1 fully saturated rings. The van der Waals surface area contributed by atoms with Gasteiger partial charge in [-0.2, -0.15) is 0 Å². The van der Waals surface area contributed by atoms with Crippen LogP contribution in [-0.4, -0.2) is 67.3 Å². The van der Waals surface area contributed by atoms with Gasteiger partial charge in [-0.25, -0.2) is 9.59 Å². The number of carboxylic acid groups (broad SMARTS) is 1. The molecule has 1 rings (SSSR count). The summed E-state index contributed by atoms with van der Waals surface area (Å²) in [6, 6.07) is -0.557. The summed E-state index contributed by atoms with van der Waals surface area (Å²) in [6.07, 6.45) is -0.927. The Hall–Kier alpha value is -1.38. The second-order valence-electron chi connectivity index (χ2n) is 4.11. The highest BCUT2D eigenvalue weighted by Crippen LogP contribution is 2.21. The lowest BCUT2D eigenvalue weighted by Crippen LogP contribution is -2.49. The monoisotopic (exact) mass is 262 g/mol. The van der Waals surface area contributed by atoms with Crippen LogP contribution in [0.2, 0.25) is 0 Å². The number of carbonyl (C=O) groups is 2. The number of hydrogen-bond acceptors (Lipinski definition) is 5. The molecule has 2 atom stereocenters. The summed E-state index contributed by atoms with van der Waals surface area (Å²) in [6.45, 7) is 0.895. The van der Waals surface area contributed by atoms with Crippen LogP contribution in [0.1, 0.15) is 6.42 Å². The molecule has 0 aromatic heterocycles. The summed E-state index contributed by atoms with van der Waals surface area (Å²) < 4.78 is 10.5. The first-order chi connectivity index (χ1) is 8.49. The Bertz CT molecular complexity index is 303. The zero-order valence-corrected chi connectivity index (χ0v) is 10.1. The van der Waals surface area contributed by atoms with E-state index >= 15 is 0 Å². The molecule has 18 heavy (non-hydrogen) atoms. The molecule has 2 amide bonds. The van der Waals surface area contributed by atoms with Crippen LogP contribution < -0.4 is 10.6 Å². The fourth-order valence-electron chi connectivity index (χ4n) is 1.54. The third kappa shape index (κ3) is 4.13. The van der Waals surface area contributed by atoms with Gasteiger partial charge in [-0.3, -0.25) is 0 Å². The van der Waals surface area contributed by atoms with Crippen molar-refractivity contribution >= 4 is 12.0 Å². The number of rotatable bonds is 6. The molecule has 1 aliphatic heterocycles. The number of nitrogens with one attached hydrogen (secondary N) is 2. The van der Waals surface area contributed by atoms with Gasteiger partial charge < -0.3 is 30.3 Å². The van der Waals surface area contributed by atoms with E-state index in [4.69, 9.17) is 19.7 Å². The van der Waals surface area contributed by atoms with Gasteiger partial charge in [0.15, 0.2) is 6.10 Å². The highest BCUT2D eigenvalue weighted by Gasteiger charge is 2.35. The predicted molar refractivity (Wildman–Crippen MR) is 60.2 cm³/mol. The summed E-state index contributed by atoms with van der Waals surface area (Å²) in [4.78, 5) is 21.7. The number of methoxy groups -OCH3 is 1. The lowest BCUT2D eigenvalue weighted by Gasteiger charge is -2.25. The molecule has 1 aliphatic rings. The fourth-order valence-corrected chi connectivity index (χ4v) is 1.54. The summed E-state index contributed by atoms with van der Waals surface area (Å²) in [5.74, 6) is -1.38. The minimum absolute atomic E-state index is 0.262. The number of aliphatic carboxylic acids is 1. The number of amides is 2. The lowest BCUT2D eigenvalue weighted by molar-refractivity contribution is -0.146. The van der Waals surface area contributed by atoms with Crippen molar-refractivity contribution in [3.63, 3.8) is 0 Å². The van der Waals surface area contributed by atoms with E-state index in [0.717, 1.165) is 0 Å². The van der Waals surface area contributed by atoms with Gasteiger partial charge in [-0.05, 0) is 0 Å². The van der Waals surface area contributed by atoms with Gasteiger partial charge in [-0.1, -0.05) is 0 Å². The molecule has 2 unspecified atom stereocenters. The summed E-state index contributed by atoms with van der Waals surface area (Å²) >= 11 is 0. The number of urea groups is 1. The maximum absolute atomic E-state index is 11.4. The highest BCUT2D eigenvalue weighted by molar-refractivity contribution is 5.76. The number of hydrogen-bond donors (Lipinski definition) is 4. The molecule has 1 heterocycles. The summed E-state index contributed by atoms with van der Waals surface area (Å²) in [5, 5.41) is 22.2. The van der Waals surface area contributed by atoms with Crippen LogP contribution in [0, 0.1) is 0 Å². The first kappa shape index (κ1) is 14.7. The van der Waals surface area contributed by atoms with Crippen LogP contribution in [0.15, 0.2) is 0 Å². The van der Waals surface area contributed by atoms with E-state index in [1.165, 1.54) is 0 Å². The molecule has 0 aromatic rings. The van der Waals surface area contributed by atoms with E-state index < -0.39 is 23.7 Å². The van der Waals surface area contributed by atoms with Crippen molar-refractivity contribution in [1.29, 1.82) is 0 Å². The molecule has 4 N–H and O–H groups in total. The normalized spacial score (nSPS) is 24.6. The Morgan fingerprint density at radius 1 is 1.50 bits per heavy atom. The van der Waals surface area contributed by atoms with Gasteiger partial charge in [0.05, 0.1) is 19.7 Å². The molecule has 104 valence electrons. The Labute approximate surface area is 104 Å². The molecule has 8 heteroatoms. The molecule has 0 aliphatic carbocycles. The van der Waals surface area contributed by atoms with Crippen molar-refractivity contribution in [3.8, 4) is 0 Å². The van der Waals surface area contributed by atoms with Crippen LogP contribution in [0.3, 0.4) is 0 Å². The Morgan fingerprint density at radius 2 is 2.22 bits per heavy atom. The molecule has 0 spiro atoms. The SMILES string of the molecule is COC1(CNC(=O)NCC(O)C(=O)O)CCOC1. The van der Waals surface area contributed by atoms with Crippen LogP contribution >= 0.6 is 0 Å².